The van der Waals surface area contributed by atoms with Gasteiger partial charge >= 0.3 is 6.03 Å². The summed E-state index contributed by atoms with van der Waals surface area (Å²) in [6.07, 6.45) is 0. The molecule has 0 aliphatic carbocycles. The Morgan fingerprint density at radius 2 is 1.67 bits per heavy atom. The molecule has 0 saturated carbocycles. The number of nitrogens with zero attached hydrogens (tertiary/aromatic N) is 1. The number of carbonyl (C=O) groups is 1. The van der Waals surface area contributed by atoms with Gasteiger partial charge in [0.25, 0.3) is 0 Å². The third-order valence-corrected chi connectivity index (χ3v) is 3.08. The minimum atomic E-state index is -0.228. The minimum Gasteiger partial charge on any atom is -0.493 e. The van der Waals surface area contributed by atoms with E-state index in [0.717, 1.165) is 5.69 Å². The van der Waals surface area contributed by atoms with Gasteiger partial charge in [-0.1, -0.05) is 18.2 Å². The predicted molar refractivity (Wildman–Crippen MR) is 83.4 cm³/mol. The average molecular weight is 286 g/mol. The van der Waals surface area contributed by atoms with E-state index in [2.05, 4.69) is 5.32 Å². The van der Waals surface area contributed by atoms with Gasteiger partial charge in [-0.2, -0.15) is 0 Å². The monoisotopic (exact) mass is 286 g/mol. The molecule has 2 aromatic carbocycles. The Morgan fingerprint density at radius 3 is 2.29 bits per heavy atom. The molecule has 0 spiro atoms. The van der Waals surface area contributed by atoms with E-state index in [1.807, 2.05) is 30.3 Å². The SMILES string of the molecule is COc1ccc(NC(=O)N(C)c2ccccc2)cc1OC. The molecule has 5 heteroatoms. The first-order chi connectivity index (χ1) is 10.2. The number of ether oxygens (including phenoxy) is 2. The molecule has 0 aliphatic heterocycles. The van der Waals surface area contributed by atoms with Crippen LogP contribution in [0.3, 0.4) is 0 Å². The van der Waals surface area contributed by atoms with Crippen LogP contribution in [0.2, 0.25) is 0 Å². The lowest BCUT2D eigenvalue weighted by atomic mass is 10.2. The summed E-state index contributed by atoms with van der Waals surface area (Å²) < 4.78 is 10.4. The van der Waals surface area contributed by atoms with Crippen LogP contribution in [0.25, 0.3) is 0 Å². The van der Waals surface area contributed by atoms with Crippen molar-refractivity contribution in [3.8, 4) is 11.5 Å². The summed E-state index contributed by atoms with van der Waals surface area (Å²) in [5.74, 6) is 1.18. The molecule has 110 valence electrons. The summed E-state index contributed by atoms with van der Waals surface area (Å²) >= 11 is 0. The number of benzene rings is 2. The van der Waals surface area contributed by atoms with Crippen molar-refractivity contribution in [2.24, 2.45) is 0 Å². The molecule has 0 radical (unpaired) electrons. The first kappa shape index (κ1) is 14.7. The molecule has 0 heterocycles. The number of carbonyl (C=O) groups excluding carboxylic acids is 1. The molecular weight excluding hydrogens is 268 g/mol. The Bertz CT molecular complexity index is 614. The summed E-state index contributed by atoms with van der Waals surface area (Å²) in [7, 11) is 4.84. The number of rotatable bonds is 4. The lowest BCUT2D eigenvalue weighted by Gasteiger charge is -2.18. The molecule has 0 aliphatic rings. The van der Waals surface area contributed by atoms with Crippen LogP contribution in [0.4, 0.5) is 16.2 Å². The second-order valence-electron chi connectivity index (χ2n) is 4.39. The Morgan fingerprint density at radius 1 is 1.00 bits per heavy atom. The number of hydrogen-bond donors (Lipinski definition) is 1. The number of para-hydroxylation sites is 1. The zero-order valence-electron chi connectivity index (χ0n) is 12.3. The Kier molecular flexibility index (Phi) is 4.66. The largest absolute Gasteiger partial charge is 0.493 e. The lowest BCUT2D eigenvalue weighted by molar-refractivity contribution is 0.258. The number of anilines is 2. The fourth-order valence-corrected chi connectivity index (χ4v) is 1.89. The molecular formula is C16H18N2O3. The lowest BCUT2D eigenvalue weighted by Crippen LogP contribution is -2.31. The third kappa shape index (κ3) is 3.45. The van der Waals surface area contributed by atoms with E-state index in [-0.39, 0.29) is 6.03 Å². The standard InChI is InChI=1S/C16H18N2O3/c1-18(13-7-5-4-6-8-13)16(19)17-12-9-10-14(20-2)15(11-12)21-3/h4-11H,1-3H3,(H,17,19). The summed E-state index contributed by atoms with van der Waals surface area (Å²) in [6, 6.07) is 14.4. The predicted octanol–water partition coefficient (Wildman–Crippen LogP) is 3.37. The van der Waals surface area contributed by atoms with Gasteiger partial charge in [-0.3, -0.25) is 4.90 Å². The quantitative estimate of drug-likeness (QED) is 0.937. The van der Waals surface area contributed by atoms with Gasteiger partial charge in [0.2, 0.25) is 0 Å². The number of urea groups is 1. The number of nitrogens with one attached hydrogen (secondary N) is 1. The van der Waals surface area contributed by atoms with Crippen molar-refractivity contribution in [2.75, 3.05) is 31.5 Å². The van der Waals surface area contributed by atoms with Gasteiger partial charge in [0.15, 0.2) is 11.5 Å². The van der Waals surface area contributed by atoms with E-state index in [1.54, 1.807) is 39.5 Å². The maximum Gasteiger partial charge on any atom is 0.326 e. The van der Waals surface area contributed by atoms with E-state index in [4.69, 9.17) is 9.47 Å². The van der Waals surface area contributed by atoms with E-state index in [9.17, 15) is 4.79 Å². The summed E-state index contributed by atoms with van der Waals surface area (Å²) in [6.45, 7) is 0. The number of amides is 2. The van der Waals surface area contributed by atoms with Crippen molar-refractivity contribution in [2.45, 2.75) is 0 Å². The van der Waals surface area contributed by atoms with Gasteiger partial charge in [-0.15, -0.1) is 0 Å². The van der Waals surface area contributed by atoms with Crippen LogP contribution < -0.4 is 19.7 Å². The zero-order valence-corrected chi connectivity index (χ0v) is 12.3. The molecule has 21 heavy (non-hydrogen) atoms. The highest BCUT2D eigenvalue weighted by atomic mass is 16.5. The van der Waals surface area contributed by atoms with Gasteiger partial charge < -0.3 is 14.8 Å². The van der Waals surface area contributed by atoms with E-state index in [0.29, 0.717) is 17.2 Å². The molecule has 0 unspecified atom stereocenters. The first-order valence-electron chi connectivity index (χ1n) is 6.47. The number of methoxy groups -OCH3 is 2. The summed E-state index contributed by atoms with van der Waals surface area (Å²) in [5, 5.41) is 2.82. The highest BCUT2D eigenvalue weighted by Gasteiger charge is 2.12. The van der Waals surface area contributed by atoms with Crippen LogP contribution in [0, 0.1) is 0 Å². The highest BCUT2D eigenvalue weighted by Crippen LogP contribution is 2.29. The molecule has 0 fully saturated rings. The molecule has 0 aromatic heterocycles. The van der Waals surface area contributed by atoms with E-state index < -0.39 is 0 Å². The fraction of sp³-hybridized carbons (Fsp3) is 0.188. The molecule has 2 rings (SSSR count). The Labute approximate surface area is 124 Å². The van der Waals surface area contributed by atoms with Crippen molar-refractivity contribution in [3.05, 3.63) is 48.5 Å². The van der Waals surface area contributed by atoms with Crippen molar-refractivity contribution in [1.82, 2.24) is 0 Å². The van der Waals surface area contributed by atoms with Crippen LogP contribution in [0.5, 0.6) is 11.5 Å². The van der Waals surface area contributed by atoms with Gasteiger partial charge in [0, 0.05) is 24.5 Å². The second-order valence-corrected chi connectivity index (χ2v) is 4.39. The molecule has 0 bridgehead atoms. The zero-order chi connectivity index (χ0) is 15.2. The van der Waals surface area contributed by atoms with Crippen molar-refractivity contribution in [3.63, 3.8) is 0 Å². The minimum absolute atomic E-state index is 0.228. The van der Waals surface area contributed by atoms with Crippen LogP contribution in [-0.4, -0.2) is 27.3 Å². The molecule has 2 amide bonds. The third-order valence-electron chi connectivity index (χ3n) is 3.08. The van der Waals surface area contributed by atoms with E-state index in [1.165, 1.54) is 4.90 Å². The summed E-state index contributed by atoms with van der Waals surface area (Å²) in [5.41, 5.74) is 1.45. The van der Waals surface area contributed by atoms with Crippen LogP contribution in [0.15, 0.2) is 48.5 Å². The summed E-state index contributed by atoms with van der Waals surface area (Å²) in [4.78, 5) is 13.7. The molecule has 1 N–H and O–H groups in total. The molecule has 0 saturated heterocycles. The number of hydrogen-bond acceptors (Lipinski definition) is 3. The van der Waals surface area contributed by atoms with Crippen molar-refractivity contribution >= 4 is 17.4 Å². The van der Waals surface area contributed by atoms with Gasteiger partial charge in [0.1, 0.15) is 0 Å². The topological polar surface area (TPSA) is 50.8 Å². The smallest absolute Gasteiger partial charge is 0.326 e. The maximum atomic E-state index is 12.2. The molecule has 5 nitrogen and oxygen atoms in total. The first-order valence-corrected chi connectivity index (χ1v) is 6.47. The molecule has 0 atom stereocenters. The van der Waals surface area contributed by atoms with Gasteiger partial charge in [-0.25, -0.2) is 4.79 Å². The fourth-order valence-electron chi connectivity index (χ4n) is 1.89. The van der Waals surface area contributed by atoms with Crippen LogP contribution >= 0.6 is 0 Å². The second kappa shape index (κ2) is 6.65. The Hall–Kier alpha value is -2.69. The van der Waals surface area contributed by atoms with E-state index >= 15 is 0 Å². The van der Waals surface area contributed by atoms with Gasteiger partial charge in [0.05, 0.1) is 14.2 Å². The van der Waals surface area contributed by atoms with Crippen LogP contribution in [-0.2, 0) is 0 Å². The highest BCUT2D eigenvalue weighted by molar-refractivity contribution is 6.01. The normalized spacial score (nSPS) is 9.86. The van der Waals surface area contributed by atoms with Gasteiger partial charge in [-0.05, 0) is 24.3 Å². The Balaban J connectivity index is 2.12. The van der Waals surface area contributed by atoms with Crippen molar-refractivity contribution < 1.29 is 14.3 Å². The van der Waals surface area contributed by atoms with Crippen LogP contribution in [0.1, 0.15) is 0 Å². The average Bonchev–Trinajstić information content (AvgIpc) is 2.54. The molecule has 2 aromatic rings. The maximum absolute atomic E-state index is 12.2. The van der Waals surface area contributed by atoms with Crippen molar-refractivity contribution in [1.29, 1.82) is 0 Å².